The molecule has 0 aliphatic carbocycles. The van der Waals surface area contributed by atoms with Gasteiger partial charge in [-0.05, 0) is 18.1 Å². The van der Waals surface area contributed by atoms with Crippen molar-refractivity contribution in [1.29, 1.82) is 0 Å². The predicted molar refractivity (Wildman–Crippen MR) is 121 cm³/mol. The van der Waals surface area contributed by atoms with Gasteiger partial charge in [-0.3, -0.25) is 19.6 Å². The van der Waals surface area contributed by atoms with Crippen molar-refractivity contribution in [1.82, 2.24) is 19.6 Å². The summed E-state index contributed by atoms with van der Waals surface area (Å²) in [5, 5.41) is 0. The van der Waals surface area contributed by atoms with Gasteiger partial charge >= 0.3 is 0 Å². The van der Waals surface area contributed by atoms with Gasteiger partial charge in [-0.15, -0.1) is 0 Å². The van der Waals surface area contributed by atoms with Crippen LogP contribution in [0.15, 0.2) is 60.7 Å². The van der Waals surface area contributed by atoms with Crippen molar-refractivity contribution in [2.75, 3.05) is 58.9 Å². The Morgan fingerprint density at radius 3 is 1.55 bits per heavy atom. The van der Waals surface area contributed by atoms with Crippen LogP contribution in [-0.2, 0) is 13.1 Å². The van der Waals surface area contributed by atoms with Gasteiger partial charge in [0.15, 0.2) is 0 Å². The summed E-state index contributed by atoms with van der Waals surface area (Å²) in [5.41, 5.74) is 2.86. The van der Waals surface area contributed by atoms with Gasteiger partial charge in [-0.1, -0.05) is 60.7 Å². The quantitative estimate of drug-likeness (QED) is 0.793. The van der Waals surface area contributed by atoms with Crippen LogP contribution in [0.2, 0.25) is 0 Å². The van der Waals surface area contributed by atoms with Crippen molar-refractivity contribution in [3.05, 3.63) is 71.8 Å². The van der Waals surface area contributed by atoms with Gasteiger partial charge in [0, 0.05) is 78.0 Å². The molecular weight excluding hydrogens is 356 g/mol. The highest BCUT2D eigenvalue weighted by molar-refractivity contribution is 5.15. The Morgan fingerprint density at radius 1 is 0.621 bits per heavy atom. The molecule has 2 aromatic carbocycles. The Hall–Kier alpha value is -1.72. The minimum atomic E-state index is 0.628. The molecular formula is C25H36N4. The van der Waals surface area contributed by atoms with E-state index in [9.17, 15) is 0 Å². The molecule has 2 heterocycles. The summed E-state index contributed by atoms with van der Waals surface area (Å²) in [4.78, 5) is 10.7. The van der Waals surface area contributed by atoms with Crippen LogP contribution < -0.4 is 0 Å². The summed E-state index contributed by atoms with van der Waals surface area (Å²) in [7, 11) is 0. The van der Waals surface area contributed by atoms with E-state index in [0.717, 1.165) is 39.3 Å². The molecule has 0 saturated carbocycles. The van der Waals surface area contributed by atoms with Crippen molar-refractivity contribution < 1.29 is 0 Å². The van der Waals surface area contributed by atoms with Crippen LogP contribution in [0.4, 0.5) is 0 Å². The molecule has 2 saturated heterocycles. The summed E-state index contributed by atoms with van der Waals surface area (Å²) in [6, 6.07) is 22.5. The third-order valence-electron chi connectivity index (χ3n) is 6.52. The number of hydrogen-bond donors (Lipinski definition) is 0. The predicted octanol–water partition coefficient (Wildman–Crippen LogP) is 3.01. The Balaban J connectivity index is 1.41. The largest absolute Gasteiger partial charge is 0.299 e. The van der Waals surface area contributed by atoms with Crippen LogP contribution in [0.25, 0.3) is 0 Å². The minimum absolute atomic E-state index is 0.628. The first kappa shape index (κ1) is 20.5. The Labute approximate surface area is 176 Å². The second-order valence-electron chi connectivity index (χ2n) is 8.71. The van der Waals surface area contributed by atoms with Crippen LogP contribution in [0.3, 0.4) is 0 Å². The second kappa shape index (κ2) is 10.4. The van der Waals surface area contributed by atoms with Crippen LogP contribution in [0.1, 0.15) is 18.1 Å². The van der Waals surface area contributed by atoms with E-state index in [1.54, 1.807) is 0 Å². The van der Waals surface area contributed by atoms with Crippen LogP contribution in [-0.4, -0.2) is 84.5 Å². The van der Waals surface area contributed by atoms with E-state index in [0.29, 0.717) is 6.04 Å². The number of hydrogen-bond acceptors (Lipinski definition) is 4. The first-order valence-electron chi connectivity index (χ1n) is 11.3. The molecule has 4 heteroatoms. The molecule has 0 radical (unpaired) electrons. The highest BCUT2D eigenvalue weighted by atomic mass is 15.3. The van der Waals surface area contributed by atoms with Gasteiger partial charge in [0.05, 0.1) is 0 Å². The number of fused-ring (bicyclic) bond motifs is 3. The first-order chi connectivity index (χ1) is 14.3. The van der Waals surface area contributed by atoms with Crippen molar-refractivity contribution in [3.63, 3.8) is 0 Å². The van der Waals surface area contributed by atoms with E-state index in [4.69, 9.17) is 0 Å². The molecule has 2 aromatic rings. The lowest BCUT2D eigenvalue weighted by Crippen LogP contribution is -2.44. The molecule has 0 unspecified atom stereocenters. The van der Waals surface area contributed by atoms with E-state index in [-0.39, 0.29) is 0 Å². The smallest absolute Gasteiger partial charge is 0.0234 e. The molecule has 4 rings (SSSR count). The summed E-state index contributed by atoms with van der Waals surface area (Å²) in [5.74, 6) is 0. The van der Waals surface area contributed by atoms with E-state index in [1.165, 1.54) is 43.9 Å². The van der Waals surface area contributed by atoms with Crippen molar-refractivity contribution >= 4 is 0 Å². The second-order valence-corrected chi connectivity index (χ2v) is 8.71. The number of benzene rings is 2. The maximum atomic E-state index is 2.72. The molecule has 2 fully saturated rings. The maximum Gasteiger partial charge on any atom is 0.0234 e. The zero-order chi connectivity index (χ0) is 19.9. The van der Waals surface area contributed by atoms with E-state index in [1.807, 2.05) is 0 Å². The van der Waals surface area contributed by atoms with Crippen molar-refractivity contribution in [2.24, 2.45) is 0 Å². The lowest BCUT2D eigenvalue weighted by molar-refractivity contribution is 0.155. The van der Waals surface area contributed by atoms with Crippen LogP contribution in [0, 0.1) is 0 Å². The normalized spacial score (nSPS) is 27.3. The third-order valence-corrected chi connectivity index (χ3v) is 6.52. The van der Waals surface area contributed by atoms with Gasteiger partial charge in [-0.2, -0.15) is 0 Å². The maximum absolute atomic E-state index is 2.72. The molecule has 2 aliphatic rings. The fourth-order valence-electron chi connectivity index (χ4n) is 4.66. The molecule has 1 atom stereocenters. The zero-order valence-electron chi connectivity index (χ0n) is 17.9. The van der Waals surface area contributed by atoms with Gasteiger partial charge in [0.25, 0.3) is 0 Å². The Kier molecular flexibility index (Phi) is 7.33. The summed E-state index contributed by atoms with van der Waals surface area (Å²) in [6.45, 7) is 15.1. The number of rotatable bonds is 4. The lowest BCUT2D eigenvalue weighted by Gasteiger charge is -2.31. The molecule has 0 amide bonds. The topological polar surface area (TPSA) is 13.0 Å². The molecule has 0 spiro atoms. The van der Waals surface area contributed by atoms with Crippen LogP contribution >= 0.6 is 0 Å². The van der Waals surface area contributed by atoms with Crippen LogP contribution in [0.5, 0.6) is 0 Å². The van der Waals surface area contributed by atoms with E-state index in [2.05, 4.69) is 87.2 Å². The number of nitrogens with zero attached hydrogens (tertiary/aromatic N) is 4. The fourth-order valence-corrected chi connectivity index (χ4v) is 4.66. The van der Waals surface area contributed by atoms with E-state index < -0.39 is 0 Å². The Bertz CT molecular complexity index is 663. The molecule has 156 valence electrons. The van der Waals surface area contributed by atoms with Gasteiger partial charge in [0.2, 0.25) is 0 Å². The standard InChI is InChI=1S/C25H36N4/c1-23-20-26-12-14-27(21-24-8-4-2-5-9-24)16-18-29(23)19-17-28(15-13-26)22-25-10-6-3-7-11-25/h2-11,23H,12-22H2,1H3/t23-/m1/s1. The average Bonchev–Trinajstić information content (AvgIpc) is 2.86. The fraction of sp³-hybridized carbons (Fsp3) is 0.520. The molecule has 2 bridgehead atoms. The first-order valence-corrected chi connectivity index (χ1v) is 11.3. The van der Waals surface area contributed by atoms with Crippen molar-refractivity contribution in [3.8, 4) is 0 Å². The molecule has 29 heavy (non-hydrogen) atoms. The van der Waals surface area contributed by atoms with E-state index >= 15 is 0 Å². The SMILES string of the molecule is C[C@@H]1CN2CCN(Cc3ccccc3)CCN1CCN(Cc1ccccc1)CC2. The Morgan fingerprint density at radius 2 is 1.07 bits per heavy atom. The average molecular weight is 393 g/mol. The summed E-state index contributed by atoms with van der Waals surface area (Å²) < 4.78 is 0. The van der Waals surface area contributed by atoms with Gasteiger partial charge in [-0.25, -0.2) is 0 Å². The highest BCUT2D eigenvalue weighted by Gasteiger charge is 2.24. The molecule has 0 aromatic heterocycles. The monoisotopic (exact) mass is 392 g/mol. The van der Waals surface area contributed by atoms with Crippen molar-refractivity contribution in [2.45, 2.75) is 26.1 Å². The summed E-state index contributed by atoms with van der Waals surface area (Å²) in [6.07, 6.45) is 0. The molecule has 2 aliphatic heterocycles. The third kappa shape index (κ3) is 6.13. The zero-order valence-corrected chi connectivity index (χ0v) is 17.9. The molecule has 0 N–H and O–H groups in total. The highest BCUT2D eigenvalue weighted by Crippen LogP contribution is 2.13. The molecule has 4 nitrogen and oxygen atoms in total. The summed E-state index contributed by atoms with van der Waals surface area (Å²) >= 11 is 0. The van der Waals surface area contributed by atoms with Gasteiger partial charge in [0.1, 0.15) is 0 Å². The lowest BCUT2D eigenvalue weighted by atomic mass is 10.2. The van der Waals surface area contributed by atoms with Gasteiger partial charge < -0.3 is 0 Å². The minimum Gasteiger partial charge on any atom is -0.299 e.